The van der Waals surface area contributed by atoms with E-state index in [9.17, 15) is 9.59 Å². The van der Waals surface area contributed by atoms with Gasteiger partial charge in [-0.3, -0.25) is 58.1 Å². The van der Waals surface area contributed by atoms with Crippen LogP contribution >= 0.6 is 0 Å². The van der Waals surface area contributed by atoms with Crippen molar-refractivity contribution in [1.82, 2.24) is 19.8 Å². The number of rotatable bonds is 27. The smallest absolute Gasteiger partial charge is 0.262 e. The second-order valence-electron chi connectivity index (χ2n) is 31.0. The SMILES string of the molecule is C=C(C)C(=O)Cc1cccc(NC(=O)C(Cc2ccncc2)N2C(=O)c3cc(Oc4ccc(C(C)C)cc4)c4c5c(Oc6ccc(C(C)C)cc6)cc6c7c(cc(Oc8ccc(C(C)C)cc8)c(c8c(Oc9ccc(C(C)C)cc9)cc(c3c48)C2=O)c75)C(=O)N(C(Cc2ccncc2)C(=O)Nc2cccc(NC(=O)C(=C)C)c2)C6=O)c1. The molecule has 2 unspecified atom stereocenters. The van der Waals surface area contributed by atoms with Crippen LogP contribution in [-0.4, -0.2) is 79.0 Å². The van der Waals surface area contributed by atoms with E-state index in [2.05, 4.69) is 94.5 Å². The van der Waals surface area contributed by atoms with E-state index in [4.69, 9.17) is 18.9 Å². The van der Waals surface area contributed by atoms with Gasteiger partial charge in [0.2, 0.25) is 11.8 Å². The Morgan fingerprint density at radius 3 is 0.957 bits per heavy atom. The Hall–Kier alpha value is -13.9. The van der Waals surface area contributed by atoms with Gasteiger partial charge in [0, 0.05) is 110 Å². The maximum absolute atomic E-state index is 16.8. The number of hydrogen-bond acceptors (Lipinski definition) is 14. The number of anilines is 3. The summed E-state index contributed by atoms with van der Waals surface area (Å²) in [6.45, 7) is 27.4. The molecule has 0 bridgehead atoms. The van der Waals surface area contributed by atoms with Crippen LogP contribution in [0.1, 0.15) is 173 Å². The van der Waals surface area contributed by atoms with Crippen LogP contribution in [0.25, 0.3) is 43.1 Å². The lowest BCUT2D eigenvalue weighted by molar-refractivity contribution is -0.120. The second kappa shape index (κ2) is 31.9. The summed E-state index contributed by atoms with van der Waals surface area (Å²) in [5.41, 5.74) is 6.98. The molecule has 0 saturated heterocycles. The fourth-order valence-corrected chi connectivity index (χ4v) is 15.2. The monoisotopic (exact) mass is 1540 g/mol. The minimum Gasteiger partial charge on any atom is -0.457 e. The van der Waals surface area contributed by atoms with E-state index in [-0.39, 0.29) is 148 Å². The summed E-state index contributed by atoms with van der Waals surface area (Å²) in [7, 11) is 0. The minimum absolute atomic E-state index is 0.00681. The largest absolute Gasteiger partial charge is 0.457 e. The zero-order valence-electron chi connectivity index (χ0n) is 66.0. The van der Waals surface area contributed by atoms with Crippen molar-refractivity contribution in [2.24, 2.45) is 0 Å². The molecule has 580 valence electrons. The van der Waals surface area contributed by atoms with Crippen molar-refractivity contribution in [3.05, 3.63) is 304 Å². The summed E-state index contributed by atoms with van der Waals surface area (Å²) in [4.78, 5) is 135. The molecule has 3 N–H and O–H groups in total. The molecule has 0 aliphatic carbocycles. The van der Waals surface area contributed by atoms with E-state index in [1.807, 2.05) is 97.1 Å². The summed E-state index contributed by atoms with van der Waals surface area (Å²) in [5, 5.41) is 10.5. The van der Waals surface area contributed by atoms with Crippen LogP contribution in [0.5, 0.6) is 46.0 Å². The first-order valence-electron chi connectivity index (χ1n) is 38.7. The summed E-state index contributed by atoms with van der Waals surface area (Å²) in [5.74, 6) is -3.69. The van der Waals surface area contributed by atoms with E-state index in [1.165, 1.54) is 0 Å². The Morgan fingerprint density at radius 2 is 0.655 bits per heavy atom. The van der Waals surface area contributed by atoms with Crippen LogP contribution in [0.4, 0.5) is 17.1 Å². The first kappa shape index (κ1) is 77.4. The summed E-state index contributed by atoms with van der Waals surface area (Å²) in [6.07, 6.45) is 5.85. The molecule has 2 atom stereocenters. The third-order valence-electron chi connectivity index (χ3n) is 21.5. The molecule has 19 heteroatoms. The minimum atomic E-state index is -1.58. The molecular formula is C97H85N7O12. The fourth-order valence-electron chi connectivity index (χ4n) is 15.2. The zero-order valence-corrected chi connectivity index (χ0v) is 66.0. The molecule has 19 nitrogen and oxygen atoms in total. The lowest BCUT2D eigenvalue weighted by Gasteiger charge is -2.36. The average Bonchev–Trinajstić information content (AvgIpc) is 0.670. The van der Waals surface area contributed by atoms with Gasteiger partial charge in [0.1, 0.15) is 58.1 Å². The van der Waals surface area contributed by atoms with E-state index >= 15 is 28.8 Å². The highest BCUT2D eigenvalue weighted by Crippen LogP contribution is 2.58. The van der Waals surface area contributed by atoms with Crippen molar-refractivity contribution < 1.29 is 57.3 Å². The second-order valence-corrected chi connectivity index (χ2v) is 31.0. The highest BCUT2D eigenvalue weighted by molar-refractivity contribution is 6.45. The number of aromatic nitrogens is 2. The quantitative estimate of drug-likeness (QED) is 0.0188. The predicted octanol–water partition coefficient (Wildman–Crippen LogP) is 21.1. The highest BCUT2D eigenvalue weighted by Gasteiger charge is 2.47. The van der Waals surface area contributed by atoms with Gasteiger partial charge in [-0.15, -0.1) is 0 Å². The lowest BCUT2D eigenvalue weighted by atomic mass is 9.80. The number of ketones is 1. The van der Waals surface area contributed by atoms with Crippen molar-refractivity contribution in [2.75, 3.05) is 16.0 Å². The van der Waals surface area contributed by atoms with Gasteiger partial charge in [-0.2, -0.15) is 0 Å². The molecule has 0 radical (unpaired) electrons. The summed E-state index contributed by atoms with van der Waals surface area (Å²) in [6, 6.07) is 53.2. The van der Waals surface area contributed by atoms with Crippen molar-refractivity contribution in [1.29, 1.82) is 0 Å². The van der Waals surface area contributed by atoms with Crippen LogP contribution in [0.3, 0.4) is 0 Å². The molecule has 116 heavy (non-hydrogen) atoms. The van der Waals surface area contributed by atoms with E-state index < -0.39 is 53.4 Å². The number of carbonyl (C=O) groups is 8. The van der Waals surface area contributed by atoms with Gasteiger partial charge < -0.3 is 34.9 Å². The lowest BCUT2D eigenvalue weighted by Crippen LogP contribution is -2.53. The fraction of sp³-hybridized carbons (Fsp3) is 0.196. The third kappa shape index (κ3) is 15.2. The number of carbonyl (C=O) groups excluding carboxylic acids is 8. The van der Waals surface area contributed by atoms with Crippen molar-refractivity contribution >= 4 is 107 Å². The molecule has 4 heterocycles. The summed E-state index contributed by atoms with van der Waals surface area (Å²) >= 11 is 0. The molecular weight excluding hydrogens is 1460 g/mol. The van der Waals surface area contributed by atoms with Crippen molar-refractivity contribution in [2.45, 2.75) is 124 Å². The Morgan fingerprint density at radius 1 is 0.353 bits per heavy atom. The standard InChI is InChI=1S/C97H85N7O12/c1-52(2)61-19-27-68(28-20-61)113-79-48-72-83-73(95(110)103(94(72)109)76(44-58-35-39-98-40-36-58)92(107)101-65-16-13-15-60(43-65)46-78(105)56(9)10)49-80(114-69-29-21-62(22-30-69)53(3)4)86-88-82(116-71-33-25-64(26-34-71)55(7)8)51-75-84-74(50-81(87(90(84)88)85(79)89(83)86)115-70-31-23-63(24-32-70)54(5)6)96(111)104(97(75)112)77(45-59-37-41-99-42-38-59)93(108)102-67-18-14-17-66(47-67)100-91(106)57(11)12/h13-43,47-55,76-77H,9,11,44-46H2,1-8,10,12H3,(H,100,106)(H,101,107)(H,102,108). The van der Waals surface area contributed by atoms with Crippen LogP contribution in [0, 0.1) is 0 Å². The maximum Gasteiger partial charge on any atom is 0.262 e. The highest BCUT2D eigenvalue weighted by atomic mass is 16.5. The molecule has 0 spiro atoms. The Labute approximate surface area is 671 Å². The molecule has 0 saturated carbocycles. The zero-order chi connectivity index (χ0) is 81.7. The number of hydrogen-bond donors (Lipinski definition) is 3. The Kier molecular flexibility index (Phi) is 21.3. The first-order chi connectivity index (χ1) is 55.7. The number of Topliss-reactive ketones (excluding diaryl/α,β-unsaturated/α-hetero) is 1. The van der Waals surface area contributed by atoms with Crippen LogP contribution in [-0.2, 0) is 38.4 Å². The van der Waals surface area contributed by atoms with Crippen LogP contribution < -0.4 is 34.9 Å². The van der Waals surface area contributed by atoms with Gasteiger partial charge in [-0.05, 0) is 209 Å². The van der Waals surface area contributed by atoms with E-state index in [1.54, 1.807) is 136 Å². The Balaban J connectivity index is 1.05. The van der Waals surface area contributed by atoms with Crippen LogP contribution in [0.15, 0.2) is 243 Å². The number of pyridine rings is 2. The average molecular weight is 1540 g/mol. The molecule has 15 rings (SSSR count). The number of ether oxygens (including phenoxy) is 4. The van der Waals surface area contributed by atoms with Gasteiger partial charge >= 0.3 is 0 Å². The molecule has 2 aliphatic rings. The molecule has 2 aromatic heterocycles. The number of benzene rings is 11. The van der Waals surface area contributed by atoms with E-state index in [0.29, 0.717) is 56.6 Å². The van der Waals surface area contributed by atoms with Gasteiger partial charge in [0.25, 0.3) is 29.5 Å². The predicted molar refractivity (Wildman–Crippen MR) is 452 cm³/mol. The number of amides is 7. The van der Waals surface area contributed by atoms with Gasteiger partial charge in [-0.1, -0.05) is 135 Å². The summed E-state index contributed by atoms with van der Waals surface area (Å²) < 4.78 is 29.5. The number of nitrogens with one attached hydrogen (secondary N) is 3. The van der Waals surface area contributed by atoms with Crippen LogP contribution in [0.2, 0.25) is 0 Å². The number of nitrogens with zero attached hydrogens (tertiary/aromatic N) is 4. The van der Waals surface area contributed by atoms with Gasteiger partial charge in [0.05, 0.1) is 22.3 Å². The number of fused-ring (bicyclic) bond motifs is 2. The van der Waals surface area contributed by atoms with Crippen molar-refractivity contribution in [3.8, 4) is 46.0 Å². The molecule has 2 aliphatic heterocycles. The molecule has 0 fully saturated rings. The maximum atomic E-state index is 16.8. The molecule has 11 aromatic carbocycles. The first-order valence-corrected chi connectivity index (χ1v) is 38.7. The third-order valence-corrected chi connectivity index (χ3v) is 21.5. The Bertz CT molecular complexity index is 5550. The normalized spacial score (nSPS) is 13.2. The van der Waals surface area contributed by atoms with Gasteiger partial charge in [0.15, 0.2) is 5.78 Å². The van der Waals surface area contributed by atoms with E-state index in [0.717, 1.165) is 32.1 Å². The topological polar surface area (TPSA) is 242 Å². The van der Waals surface area contributed by atoms with Gasteiger partial charge in [-0.25, -0.2) is 0 Å². The number of allylic oxidation sites excluding steroid dienone is 1. The number of imide groups is 2. The molecule has 7 amide bonds. The molecule has 13 aromatic rings. The van der Waals surface area contributed by atoms with Crippen molar-refractivity contribution in [3.63, 3.8) is 0 Å².